The first-order chi connectivity index (χ1) is 9.65. The van der Waals surface area contributed by atoms with Gasteiger partial charge in [-0.2, -0.15) is 0 Å². The molecule has 0 unspecified atom stereocenters. The minimum atomic E-state index is -1.03. The Hall–Kier alpha value is -1.62. The first-order valence-electron chi connectivity index (χ1n) is 5.93. The van der Waals surface area contributed by atoms with Crippen molar-refractivity contribution in [3.8, 4) is 5.75 Å². The zero-order valence-electron chi connectivity index (χ0n) is 10.5. The molecule has 1 N–H and O–H groups in total. The average Bonchev–Trinajstić information content (AvgIpc) is 2.46. The van der Waals surface area contributed by atoms with Gasteiger partial charge in [-0.25, -0.2) is 9.59 Å². The fourth-order valence-corrected chi connectivity index (χ4v) is 1.59. The fraction of sp³-hybridized carbons (Fsp3) is 0. The molecule has 0 aliphatic rings. The van der Waals surface area contributed by atoms with Gasteiger partial charge in [0.2, 0.25) is 0 Å². The van der Waals surface area contributed by atoms with Gasteiger partial charge >= 0.3 is 49.7 Å². The normalized spacial score (nSPS) is 9.90. The summed E-state index contributed by atoms with van der Waals surface area (Å²) in [6.45, 7) is 0. The van der Waals surface area contributed by atoms with Crippen molar-refractivity contribution in [3.05, 3.63) is 71.8 Å². The van der Waals surface area contributed by atoms with Crippen LogP contribution in [-0.4, -0.2) is 54.8 Å². The zero-order chi connectivity index (χ0) is 14.4. The monoisotopic (exact) mass is 310 g/mol. The van der Waals surface area contributed by atoms with Crippen LogP contribution >= 0.6 is 0 Å². The van der Waals surface area contributed by atoms with Gasteiger partial charge < -0.3 is 9.84 Å². The van der Waals surface area contributed by atoms with E-state index in [0.717, 1.165) is 6.08 Å². The number of carboxylic acids is 1. The van der Waals surface area contributed by atoms with Gasteiger partial charge in [-0.05, 0) is 35.9 Å². The molecule has 0 aliphatic heterocycles. The summed E-state index contributed by atoms with van der Waals surface area (Å²) in [7, 11) is 0. The zero-order valence-corrected chi connectivity index (χ0v) is 10.5. The van der Waals surface area contributed by atoms with E-state index in [1.165, 1.54) is 6.08 Å². The number of hydrogen-bond donors (Lipinski definition) is 1. The van der Waals surface area contributed by atoms with Crippen LogP contribution in [0.2, 0.25) is 0 Å². The molecule has 0 atom stereocenters. The molecule has 0 saturated heterocycles. The molecule has 4 nitrogen and oxygen atoms in total. The third-order valence-electron chi connectivity index (χ3n) is 2.50. The van der Waals surface area contributed by atoms with Crippen LogP contribution in [0.4, 0.5) is 0 Å². The van der Waals surface area contributed by atoms with Gasteiger partial charge in [0, 0.05) is 6.08 Å². The molecular formula is C16H14CaO4. The van der Waals surface area contributed by atoms with Crippen molar-refractivity contribution in [1.29, 1.82) is 0 Å². The van der Waals surface area contributed by atoms with Crippen LogP contribution in [0, 0.1) is 0 Å². The predicted molar refractivity (Wildman–Crippen MR) is 83.1 cm³/mol. The van der Waals surface area contributed by atoms with E-state index in [1.807, 2.05) is 6.07 Å². The summed E-state index contributed by atoms with van der Waals surface area (Å²) in [4.78, 5) is 22.3. The number of carbonyl (C=O) groups excluding carboxylic acids is 1. The molecule has 0 spiro atoms. The van der Waals surface area contributed by atoms with E-state index in [1.54, 1.807) is 48.5 Å². The van der Waals surface area contributed by atoms with Crippen molar-refractivity contribution in [1.82, 2.24) is 0 Å². The van der Waals surface area contributed by atoms with E-state index in [2.05, 4.69) is 0 Å². The second-order valence-corrected chi connectivity index (χ2v) is 4.00. The van der Waals surface area contributed by atoms with E-state index in [-0.39, 0.29) is 37.7 Å². The molecule has 0 radical (unpaired) electrons. The Morgan fingerprint density at radius 2 is 1.71 bits per heavy atom. The quantitative estimate of drug-likeness (QED) is 0.406. The van der Waals surface area contributed by atoms with Crippen LogP contribution < -0.4 is 4.74 Å². The summed E-state index contributed by atoms with van der Waals surface area (Å²) >= 11 is 0. The van der Waals surface area contributed by atoms with Gasteiger partial charge in [0.05, 0.1) is 5.56 Å². The molecule has 2 rings (SSSR count). The Bertz CT molecular complexity index is 650. The van der Waals surface area contributed by atoms with Crippen LogP contribution in [0.5, 0.6) is 5.75 Å². The molecule has 0 aliphatic carbocycles. The Morgan fingerprint density at radius 3 is 2.38 bits per heavy atom. The number of esters is 1. The Kier molecular flexibility index (Phi) is 7.15. The summed E-state index contributed by atoms with van der Waals surface area (Å²) in [6.07, 6.45) is 2.46. The molecule has 0 amide bonds. The van der Waals surface area contributed by atoms with Gasteiger partial charge in [0.1, 0.15) is 5.75 Å². The number of rotatable bonds is 4. The van der Waals surface area contributed by atoms with Gasteiger partial charge in [0.15, 0.2) is 0 Å². The Morgan fingerprint density at radius 1 is 1.00 bits per heavy atom. The molecule has 0 aromatic heterocycles. The summed E-state index contributed by atoms with van der Waals surface area (Å²) in [5, 5.41) is 8.57. The first kappa shape index (κ1) is 17.4. The number of benzene rings is 2. The van der Waals surface area contributed by atoms with Crippen molar-refractivity contribution >= 4 is 55.8 Å². The maximum absolute atomic E-state index is 11.9. The molecule has 104 valence electrons. The molecule has 0 saturated carbocycles. The third-order valence-corrected chi connectivity index (χ3v) is 2.50. The van der Waals surface area contributed by atoms with Crippen LogP contribution in [0.3, 0.4) is 0 Å². The molecule has 0 bridgehead atoms. The SMILES string of the molecule is O=C(O)/C=C/c1cccc(OC(=O)c2ccccc2)c1.[CaH2]. The third kappa shape index (κ3) is 5.71. The predicted octanol–water partition coefficient (Wildman–Crippen LogP) is 2.09. The van der Waals surface area contributed by atoms with Crippen molar-refractivity contribution in [3.63, 3.8) is 0 Å². The fourth-order valence-electron chi connectivity index (χ4n) is 1.59. The molecule has 21 heavy (non-hydrogen) atoms. The summed E-state index contributed by atoms with van der Waals surface area (Å²) in [5.74, 6) is -1.12. The second kappa shape index (κ2) is 8.62. The maximum atomic E-state index is 11.9. The molecule has 5 heteroatoms. The minimum absolute atomic E-state index is 0. The Labute approximate surface area is 152 Å². The van der Waals surface area contributed by atoms with E-state index in [0.29, 0.717) is 16.9 Å². The van der Waals surface area contributed by atoms with E-state index in [9.17, 15) is 9.59 Å². The van der Waals surface area contributed by atoms with Gasteiger partial charge in [-0.15, -0.1) is 0 Å². The van der Waals surface area contributed by atoms with Crippen LogP contribution in [0.1, 0.15) is 15.9 Å². The standard InChI is InChI=1S/C16H12O4.Ca.2H/c17-15(18)10-9-12-5-4-8-14(11-12)20-16(19)13-6-2-1-3-7-13;;;/h1-11H,(H,17,18);;;/b10-9+;;;. The number of ether oxygens (including phenoxy) is 1. The van der Waals surface area contributed by atoms with Gasteiger partial charge in [0.25, 0.3) is 0 Å². The summed E-state index contributed by atoms with van der Waals surface area (Å²) in [5.41, 5.74) is 1.10. The second-order valence-electron chi connectivity index (χ2n) is 4.00. The number of carboxylic acid groups (broad SMARTS) is 1. The first-order valence-corrected chi connectivity index (χ1v) is 5.93. The molecule has 2 aromatic rings. The van der Waals surface area contributed by atoms with E-state index in [4.69, 9.17) is 9.84 Å². The number of carbonyl (C=O) groups is 2. The molecular weight excluding hydrogens is 296 g/mol. The van der Waals surface area contributed by atoms with E-state index >= 15 is 0 Å². The Balaban J connectivity index is 0.00000220. The van der Waals surface area contributed by atoms with Crippen molar-refractivity contribution in [2.24, 2.45) is 0 Å². The molecule has 0 fully saturated rings. The molecule has 0 heterocycles. The molecule has 2 aromatic carbocycles. The van der Waals surface area contributed by atoms with Gasteiger partial charge in [-0.1, -0.05) is 30.3 Å². The van der Waals surface area contributed by atoms with Crippen LogP contribution in [0.15, 0.2) is 60.7 Å². The van der Waals surface area contributed by atoms with Crippen molar-refractivity contribution in [2.75, 3.05) is 0 Å². The van der Waals surface area contributed by atoms with Gasteiger partial charge in [-0.3, -0.25) is 0 Å². The summed E-state index contributed by atoms with van der Waals surface area (Å²) in [6, 6.07) is 15.3. The van der Waals surface area contributed by atoms with E-state index < -0.39 is 11.9 Å². The number of hydrogen-bond acceptors (Lipinski definition) is 3. The number of aliphatic carboxylic acids is 1. The summed E-state index contributed by atoms with van der Waals surface area (Å²) < 4.78 is 5.23. The topological polar surface area (TPSA) is 63.6 Å². The van der Waals surface area contributed by atoms with Crippen molar-refractivity contribution in [2.45, 2.75) is 0 Å². The van der Waals surface area contributed by atoms with Crippen molar-refractivity contribution < 1.29 is 19.4 Å². The average molecular weight is 310 g/mol. The van der Waals surface area contributed by atoms with Crippen LogP contribution in [0.25, 0.3) is 6.08 Å². The van der Waals surface area contributed by atoms with Crippen LogP contribution in [-0.2, 0) is 4.79 Å².